The van der Waals surface area contributed by atoms with Gasteiger partial charge in [0.15, 0.2) is 0 Å². The fourth-order valence-corrected chi connectivity index (χ4v) is 3.99. The van der Waals surface area contributed by atoms with Crippen LogP contribution in [0.2, 0.25) is 5.02 Å². The molecule has 0 saturated carbocycles. The van der Waals surface area contributed by atoms with E-state index in [0.717, 1.165) is 4.73 Å². The molecule has 3 heterocycles. The van der Waals surface area contributed by atoms with Gasteiger partial charge in [0.1, 0.15) is 5.75 Å². The van der Waals surface area contributed by atoms with Crippen LogP contribution in [0.1, 0.15) is 16.1 Å². The second-order valence-corrected chi connectivity index (χ2v) is 8.03. The number of halogens is 4. The van der Waals surface area contributed by atoms with Gasteiger partial charge in [0.25, 0.3) is 5.91 Å². The van der Waals surface area contributed by atoms with Crippen molar-refractivity contribution in [3.05, 3.63) is 76.9 Å². The van der Waals surface area contributed by atoms with E-state index < -0.39 is 18.1 Å². The monoisotopic (exact) mass is 501 g/mol. The normalized spacial score (nSPS) is 13.3. The smallest absolute Gasteiger partial charge is 0.437 e. The van der Waals surface area contributed by atoms with Crippen LogP contribution in [0.15, 0.2) is 60.7 Å². The predicted molar refractivity (Wildman–Crippen MR) is 120 cm³/mol. The van der Waals surface area contributed by atoms with Crippen LogP contribution in [0.25, 0.3) is 22.2 Å². The molecule has 35 heavy (non-hydrogen) atoms. The number of nitrogens with one attached hydrogen (secondary N) is 1. The van der Waals surface area contributed by atoms with E-state index >= 15 is 0 Å². The fraction of sp³-hybridized carbons (Fsp3) is 0.125. The quantitative estimate of drug-likeness (QED) is 0.428. The van der Waals surface area contributed by atoms with Crippen LogP contribution < -0.4 is 14.9 Å². The summed E-state index contributed by atoms with van der Waals surface area (Å²) in [5.41, 5.74) is 1.03. The van der Waals surface area contributed by atoms with E-state index in [-0.39, 0.29) is 35.8 Å². The van der Waals surface area contributed by atoms with Crippen molar-refractivity contribution in [2.45, 2.75) is 12.6 Å². The van der Waals surface area contributed by atoms with Crippen molar-refractivity contribution >= 4 is 34.4 Å². The van der Waals surface area contributed by atoms with Crippen LogP contribution in [0.5, 0.6) is 11.6 Å². The number of hydrogen-bond donors (Lipinski definition) is 1. The van der Waals surface area contributed by atoms with E-state index in [0.29, 0.717) is 27.2 Å². The van der Waals surface area contributed by atoms with E-state index in [9.17, 15) is 22.8 Å². The molecule has 0 bridgehead atoms. The summed E-state index contributed by atoms with van der Waals surface area (Å²) in [6.45, 7) is 0.183. The van der Waals surface area contributed by atoms with Crippen LogP contribution in [-0.4, -0.2) is 34.3 Å². The van der Waals surface area contributed by atoms with E-state index in [4.69, 9.17) is 21.2 Å². The third kappa shape index (κ3) is 4.28. The summed E-state index contributed by atoms with van der Waals surface area (Å²) < 4.78 is 45.6. The summed E-state index contributed by atoms with van der Waals surface area (Å²) in [5.74, 6) is -2.33. The molecule has 0 aliphatic carbocycles. The van der Waals surface area contributed by atoms with Gasteiger partial charge >= 0.3 is 12.1 Å². The average Bonchev–Trinajstić information content (AvgIpc) is 3.19. The second kappa shape index (κ2) is 8.62. The molecule has 7 nitrogen and oxygen atoms in total. The Kier molecular flexibility index (Phi) is 5.60. The number of para-hydroxylation sites is 2. The van der Waals surface area contributed by atoms with Gasteiger partial charge in [0.05, 0.1) is 27.5 Å². The van der Waals surface area contributed by atoms with Gasteiger partial charge in [-0.25, -0.2) is 9.78 Å². The molecule has 11 heteroatoms. The minimum Gasteiger partial charge on any atom is -0.437 e. The summed E-state index contributed by atoms with van der Waals surface area (Å²) in [6, 6.07) is 16.6. The van der Waals surface area contributed by atoms with Gasteiger partial charge in [-0.3, -0.25) is 4.79 Å². The Balaban J connectivity index is 1.66. The largest absolute Gasteiger partial charge is 0.493 e. The number of ether oxygens (including phenoxy) is 1. The highest BCUT2D eigenvalue weighted by atomic mass is 35.5. The Morgan fingerprint density at radius 1 is 1.06 bits per heavy atom. The summed E-state index contributed by atoms with van der Waals surface area (Å²) in [5, 5.41) is 3.64. The van der Waals surface area contributed by atoms with Crippen LogP contribution >= 0.6 is 11.6 Å². The molecule has 1 aliphatic rings. The number of pyridine rings is 1. The zero-order chi connectivity index (χ0) is 24.7. The molecule has 4 aromatic rings. The first-order valence-electron chi connectivity index (χ1n) is 10.4. The number of aromatic nitrogens is 2. The second-order valence-electron chi connectivity index (χ2n) is 7.63. The lowest BCUT2D eigenvalue weighted by atomic mass is 10.1. The zero-order valence-electron chi connectivity index (χ0n) is 17.7. The Labute approximate surface area is 201 Å². The predicted octanol–water partition coefficient (Wildman–Crippen LogP) is 4.95. The number of amides is 1. The number of nitrogens with zero attached hydrogens (tertiary/aromatic N) is 2. The fourth-order valence-electron chi connectivity index (χ4n) is 3.81. The number of fused-ring (bicyclic) bond motifs is 2. The highest BCUT2D eigenvalue weighted by Gasteiger charge is 2.43. The lowest BCUT2D eigenvalue weighted by Gasteiger charge is -2.17. The number of rotatable bonds is 4. The molecular weight excluding hydrogens is 487 g/mol. The molecule has 0 spiro atoms. The van der Waals surface area contributed by atoms with Crippen molar-refractivity contribution in [1.29, 1.82) is 0 Å². The number of carbonyl (C=O) groups is 2. The molecular formula is C24H15ClF3N3O4. The number of hydrogen-bond acceptors (Lipinski definition) is 5. The maximum Gasteiger partial charge on any atom is 0.493 e. The minimum atomic E-state index is -5.22. The first-order valence-corrected chi connectivity index (χ1v) is 10.7. The van der Waals surface area contributed by atoms with Crippen molar-refractivity contribution in [3.8, 4) is 22.9 Å². The molecule has 178 valence electrons. The molecule has 1 amide bonds. The molecule has 0 unspecified atom stereocenters. The minimum absolute atomic E-state index is 0.0673. The van der Waals surface area contributed by atoms with Gasteiger partial charge in [-0.2, -0.15) is 17.9 Å². The Hall–Kier alpha value is -4.05. The van der Waals surface area contributed by atoms with Crippen LogP contribution in [0.4, 0.5) is 13.2 Å². The van der Waals surface area contributed by atoms with Crippen molar-refractivity contribution in [1.82, 2.24) is 15.0 Å². The molecule has 2 aromatic carbocycles. The topological polar surface area (TPSA) is 82.4 Å². The summed E-state index contributed by atoms with van der Waals surface area (Å²) in [7, 11) is 0. The van der Waals surface area contributed by atoms with E-state index in [1.54, 1.807) is 54.6 Å². The van der Waals surface area contributed by atoms with Crippen LogP contribution in [0.3, 0.4) is 0 Å². The molecule has 0 fully saturated rings. The average molecular weight is 502 g/mol. The lowest BCUT2D eigenvalue weighted by molar-refractivity contribution is -0.199. The van der Waals surface area contributed by atoms with Crippen molar-refractivity contribution in [2.24, 2.45) is 0 Å². The third-order valence-corrected chi connectivity index (χ3v) is 5.69. The van der Waals surface area contributed by atoms with Crippen molar-refractivity contribution in [2.75, 3.05) is 6.54 Å². The SMILES string of the molecule is O=C1NCCc2c1cc(-c1cccc3ccc(Oc4ccccc4Cl)nc13)n2OC(=O)C(F)(F)F. The first kappa shape index (κ1) is 22.7. The van der Waals surface area contributed by atoms with Gasteiger partial charge in [-0.05, 0) is 24.3 Å². The molecule has 0 saturated heterocycles. The van der Waals surface area contributed by atoms with Gasteiger partial charge in [-0.1, -0.05) is 41.9 Å². The molecule has 0 atom stereocenters. The molecule has 5 rings (SSSR count). The number of alkyl halides is 3. The maximum atomic E-state index is 13.0. The Morgan fingerprint density at radius 2 is 1.86 bits per heavy atom. The van der Waals surface area contributed by atoms with Crippen molar-refractivity contribution in [3.63, 3.8) is 0 Å². The first-order chi connectivity index (χ1) is 16.7. The summed E-state index contributed by atoms with van der Waals surface area (Å²) in [6.07, 6.45) is -5.05. The highest BCUT2D eigenvalue weighted by molar-refractivity contribution is 6.32. The van der Waals surface area contributed by atoms with Gasteiger partial charge in [0.2, 0.25) is 5.88 Å². The van der Waals surface area contributed by atoms with Crippen molar-refractivity contribution < 1.29 is 32.3 Å². The standard InChI is InChI=1S/C24H15ClF3N3O4/c25-16-6-1-2-7-19(16)34-20-9-8-13-4-3-5-14(21(13)30-20)18-12-15-17(10-11-29-22(15)32)31(18)35-23(33)24(26,27)28/h1-9,12H,10-11H2,(H,29,32). The molecule has 0 radical (unpaired) electrons. The third-order valence-electron chi connectivity index (χ3n) is 5.38. The van der Waals surface area contributed by atoms with Gasteiger partial charge in [-0.15, -0.1) is 0 Å². The maximum absolute atomic E-state index is 13.0. The van der Waals surface area contributed by atoms with Crippen LogP contribution in [-0.2, 0) is 11.2 Å². The van der Waals surface area contributed by atoms with E-state index in [2.05, 4.69) is 10.3 Å². The van der Waals surface area contributed by atoms with E-state index in [1.165, 1.54) is 6.07 Å². The van der Waals surface area contributed by atoms with Crippen LogP contribution in [0, 0.1) is 0 Å². The van der Waals surface area contributed by atoms with Gasteiger partial charge in [0, 0.05) is 30.0 Å². The lowest BCUT2D eigenvalue weighted by Crippen LogP contribution is -2.37. The number of carbonyl (C=O) groups excluding carboxylic acids is 2. The number of benzene rings is 2. The molecule has 2 aromatic heterocycles. The summed E-state index contributed by atoms with van der Waals surface area (Å²) in [4.78, 5) is 33.4. The highest BCUT2D eigenvalue weighted by Crippen LogP contribution is 2.35. The summed E-state index contributed by atoms with van der Waals surface area (Å²) >= 11 is 6.16. The van der Waals surface area contributed by atoms with E-state index in [1.807, 2.05) is 0 Å². The van der Waals surface area contributed by atoms with Gasteiger partial charge < -0.3 is 14.9 Å². The zero-order valence-corrected chi connectivity index (χ0v) is 18.5. The molecule has 1 aliphatic heterocycles. The Bertz CT molecular complexity index is 1480. The Morgan fingerprint density at radius 3 is 2.63 bits per heavy atom. The molecule has 1 N–H and O–H groups in total.